The van der Waals surface area contributed by atoms with Gasteiger partial charge >= 0.3 is 6.03 Å². The van der Waals surface area contributed by atoms with Crippen LogP contribution in [0.5, 0.6) is 0 Å². The molecule has 0 aromatic carbocycles. The molecule has 0 spiro atoms. The molecule has 3 amide bonds. The molecule has 6 heteroatoms. The number of urea groups is 1. The highest BCUT2D eigenvalue weighted by Crippen LogP contribution is 2.18. The second-order valence-corrected chi connectivity index (χ2v) is 4.67. The number of imide groups is 1. The Balaban J connectivity index is 1.68. The molecule has 1 aliphatic heterocycles. The van der Waals surface area contributed by atoms with Gasteiger partial charge in [-0.25, -0.2) is 4.79 Å². The van der Waals surface area contributed by atoms with Gasteiger partial charge in [-0.1, -0.05) is 6.92 Å². The summed E-state index contributed by atoms with van der Waals surface area (Å²) in [6, 6.07) is 0.346. The molecule has 96 valence electrons. The molecule has 0 unspecified atom stereocenters. The normalized spacial score (nSPS) is 19.9. The van der Waals surface area contributed by atoms with E-state index in [-0.39, 0.29) is 18.0 Å². The average molecular weight is 240 g/mol. The fourth-order valence-electron chi connectivity index (χ4n) is 1.83. The minimum absolute atomic E-state index is 0.225. The van der Waals surface area contributed by atoms with E-state index in [0.29, 0.717) is 12.6 Å². The highest BCUT2D eigenvalue weighted by molar-refractivity contribution is 5.95. The SMILES string of the molecule is CCN(CC(=O)NC(=O)NC1CC1)C1CNC1. The highest BCUT2D eigenvalue weighted by Gasteiger charge is 2.27. The highest BCUT2D eigenvalue weighted by atomic mass is 16.2. The van der Waals surface area contributed by atoms with Crippen LogP contribution in [0.25, 0.3) is 0 Å². The van der Waals surface area contributed by atoms with Crippen molar-refractivity contribution >= 4 is 11.9 Å². The van der Waals surface area contributed by atoms with Gasteiger partial charge in [-0.15, -0.1) is 0 Å². The third-order valence-corrected chi connectivity index (χ3v) is 3.19. The van der Waals surface area contributed by atoms with Gasteiger partial charge in [0.15, 0.2) is 0 Å². The topological polar surface area (TPSA) is 73.5 Å². The number of rotatable bonds is 5. The molecule has 17 heavy (non-hydrogen) atoms. The average Bonchev–Trinajstić information content (AvgIpc) is 2.97. The molecule has 0 aromatic heterocycles. The minimum atomic E-state index is -0.361. The first-order valence-corrected chi connectivity index (χ1v) is 6.24. The number of hydrogen-bond donors (Lipinski definition) is 3. The summed E-state index contributed by atoms with van der Waals surface area (Å²) in [5.41, 5.74) is 0. The van der Waals surface area contributed by atoms with Gasteiger partial charge < -0.3 is 10.6 Å². The second kappa shape index (κ2) is 5.46. The second-order valence-electron chi connectivity index (χ2n) is 4.67. The first-order chi connectivity index (χ1) is 8.19. The summed E-state index contributed by atoms with van der Waals surface area (Å²) in [5.74, 6) is -0.225. The molecule has 2 fully saturated rings. The summed E-state index contributed by atoms with van der Waals surface area (Å²) in [7, 11) is 0. The molecule has 0 aromatic rings. The van der Waals surface area contributed by atoms with Crippen molar-refractivity contribution in [2.75, 3.05) is 26.2 Å². The molecule has 0 atom stereocenters. The summed E-state index contributed by atoms with van der Waals surface area (Å²) in [5, 5.41) is 8.27. The van der Waals surface area contributed by atoms with Gasteiger partial charge in [-0.05, 0) is 19.4 Å². The third-order valence-electron chi connectivity index (χ3n) is 3.19. The Morgan fingerprint density at radius 1 is 1.35 bits per heavy atom. The van der Waals surface area contributed by atoms with Crippen molar-refractivity contribution in [1.82, 2.24) is 20.9 Å². The van der Waals surface area contributed by atoms with E-state index in [0.717, 1.165) is 32.5 Å². The third kappa shape index (κ3) is 3.67. The summed E-state index contributed by atoms with van der Waals surface area (Å²) < 4.78 is 0. The van der Waals surface area contributed by atoms with Crippen LogP contribution in [0.15, 0.2) is 0 Å². The maximum Gasteiger partial charge on any atom is 0.321 e. The van der Waals surface area contributed by atoms with E-state index in [1.54, 1.807) is 0 Å². The summed E-state index contributed by atoms with van der Waals surface area (Å²) in [6.45, 7) is 4.99. The van der Waals surface area contributed by atoms with E-state index >= 15 is 0 Å². The number of nitrogens with one attached hydrogen (secondary N) is 3. The first-order valence-electron chi connectivity index (χ1n) is 6.24. The van der Waals surface area contributed by atoms with Crippen molar-refractivity contribution in [2.24, 2.45) is 0 Å². The van der Waals surface area contributed by atoms with E-state index in [2.05, 4.69) is 20.9 Å². The van der Waals surface area contributed by atoms with Crippen LogP contribution in [0.3, 0.4) is 0 Å². The van der Waals surface area contributed by atoms with Gasteiger partial charge in [0.2, 0.25) is 5.91 Å². The minimum Gasteiger partial charge on any atom is -0.335 e. The van der Waals surface area contributed by atoms with E-state index in [1.165, 1.54) is 0 Å². The molecule has 1 aliphatic carbocycles. The smallest absolute Gasteiger partial charge is 0.321 e. The molecule has 1 saturated carbocycles. The maximum absolute atomic E-state index is 11.6. The Morgan fingerprint density at radius 3 is 2.53 bits per heavy atom. The maximum atomic E-state index is 11.6. The van der Waals surface area contributed by atoms with Crippen molar-refractivity contribution in [3.8, 4) is 0 Å². The molecule has 1 saturated heterocycles. The molecular weight excluding hydrogens is 220 g/mol. The number of carbonyl (C=O) groups is 2. The van der Waals surface area contributed by atoms with Gasteiger partial charge in [-0.2, -0.15) is 0 Å². The zero-order valence-electron chi connectivity index (χ0n) is 10.2. The Morgan fingerprint density at radius 2 is 2.06 bits per heavy atom. The summed E-state index contributed by atoms with van der Waals surface area (Å²) in [6.07, 6.45) is 2.05. The molecule has 6 nitrogen and oxygen atoms in total. The first kappa shape index (κ1) is 12.3. The number of nitrogens with zero attached hydrogens (tertiary/aromatic N) is 1. The zero-order chi connectivity index (χ0) is 12.3. The molecule has 0 radical (unpaired) electrons. The van der Waals surface area contributed by atoms with E-state index in [9.17, 15) is 9.59 Å². The quantitative estimate of drug-likeness (QED) is 0.592. The van der Waals surface area contributed by atoms with E-state index < -0.39 is 0 Å². The van der Waals surface area contributed by atoms with Gasteiger partial charge in [0.25, 0.3) is 0 Å². The van der Waals surface area contributed by atoms with Crippen LogP contribution < -0.4 is 16.0 Å². The lowest BCUT2D eigenvalue weighted by Crippen LogP contribution is -2.59. The van der Waals surface area contributed by atoms with Crippen LogP contribution in [0.2, 0.25) is 0 Å². The Labute approximate surface area is 101 Å². The molecule has 0 bridgehead atoms. The Hall–Kier alpha value is -1.14. The number of hydrogen-bond acceptors (Lipinski definition) is 4. The van der Waals surface area contributed by atoms with Crippen molar-refractivity contribution < 1.29 is 9.59 Å². The van der Waals surface area contributed by atoms with Crippen molar-refractivity contribution in [3.63, 3.8) is 0 Å². The van der Waals surface area contributed by atoms with Gasteiger partial charge in [0.1, 0.15) is 0 Å². The predicted octanol–water partition coefficient (Wildman–Crippen LogP) is -0.732. The van der Waals surface area contributed by atoms with E-state index in [1.807, 2.05) is 6.92 Å². The fraction of sp³-hybridized carbons (Fsp3) is 0.818. The van der Waals surface area contributed by atoms with Crippen LogP contribution >= 0.6 is 0 Å². The van der Waals surface area contributed by atoms with Crippen LogP contribution in [0.4, 0.5) is 4.79 Å². The number of likely N-dealkylation sites (N-methyl/N-ethyl adjacent to an activating group) is 1. The van der Waals surface area contributed by atoms with Crippen molar-refractivity contribution in [3.05, 3.63) is 0 Å². The molecular formula is C11H20N4O2. The van der Waals surface area contributed by atoms with Crippen molar-refractivity contribution in [2.45, 2.75) is 31.8 Å². The van der Waals surface area contributed by atoms with Crippen LogP contribution in [-0.2, 0) is 4.79 Å². The van der Waals surface area contributed by atoms with Crippen molar-refractivity contribution in [1.29, 1.82) is 0 Å². The Kier molecular flexibility index (Phi) is 3.96. The van der Waals surface area contributed by atoms with E-state index in [4.69, 9.17) is 0 Å². The lowest BCUT2D eigenvalue weighted by molar-refractivity contribution is -0.121. The number of amides is 3. The van der Waals surface area contributed by atoms with Gasteiger partial charge in [0.05, 0.1) is 6.54 Å². The lowest BCUT2D eigenvalue weighted by Gasteiger charge is -2.37. The lowest BCUT2D eigenvalue weighted by atomic mass is 10.1. The molecule has 2 rings (SSSR count). The summed E-state index contributed by atoms with van der Waals surface area (Å²) >= 11 is 0. The monoisotopic (exact) mass is 240 g/mol. The predicted molar refractivity (Wildman–Crippen MR) is 63.6 cm³/mol. The molecule has 1 heterocycles. The fourth-order valence-corrected chi connectivity index (χ4v) is 1.83. The standard InChI is InChI=1S/C11H20N4O2/c1-2-15(9-5-12-6-9)7-10(16)14-11(17)13-8-3-4-8/h8-9,12H,2-7H2,1H3,(H2,13,14,16,17). The largest absolute Gasteiger partial charge is 0.335 e. The van der Waals surface area contributed by atoms with Gasteiger partial charge in [0, 0.05) is 25.2 Å². The van der Waals surface area contributed by atoms with Crippen LogP contribution in [0.1, 0.15) is 19.8 Å². The molecule has 2 aliphatic rings. The van der Waals surface area contributed by atoms with Crippen LogP contribution in [-0.4, -0.2) is 55.1 Å². The Bertz CT molecular complexity index is 300. The van der Waals surface area contributed by atoms with Crippen LogP contribution in [0, 0.1) is 0 Å². The van der Waals surface area contributed by atoms with Gasteiger partial charge in [-0.3, -0.25) is 15.0 Å². The zero-order valence-corrected chi connectivity index (χ0v) is 10.2. The molecule has 3 N–H and O–H groups in total. The summed E-state index contributed by atoms with van der Waals surface area (Å²) in [4.78, 5) is 25.1. The number of carbonyl (C=O) groups excluding carboxylic acids is 2.